The van der Waals surface area contributed by atoms with Crippen LogP contribution < -0.4 is 21.5 Å². The van der Waals surface area contributed by atoms with Gasteiger partial charge in [0.15, 0.2) is 11.2 Å². The van der Waals surface area contributed by atoms with Crippen LogP contribution in [0.1, 0.15) is 40.0 Å². The number of fused-ring (bicyclic) bond motifs is 1. The minimum atomic E-state index is -0.356. The highest BCUT2D eigenvalue weighted by Gasteiger charge is 2.27. The van der Waals surface area contributed by atoms with E-state index in [4.69, 9.17) is 9.72 Å². The molecule has 2 saturated heterocycles. The highest BCUT2D eigenvalue weighted by molar-refractivity contribution is 5.75. The van der Waals surface area contributed by atoms with Gasteiger partial charge in [0.25, 0.3) is 5.56 Å². The fourth-order valence-corrected chi connectivity index (χ4v) is 5.14. The van der Waals surface area contributed by atoms with Gasteiger partial charge in [0, 0.05) is 39.8 Å². The van der Waals surface area contributed by atoms with Crippen LogP contribution in [0.5, 0.6) is 0 Å². The molecule has 0 unspecified atom stereocenters. The highest BCUT2D eigenvalue weighted by Crippen LogP contribution is 2.21. The molecule has 11 nitrogen and oxygen atoms in total. The smallest absolute Gasteiger partial charge is 0.332 e. The van der Waals surface area contributed by atoms with Crippen molar-refractivity contribution in [1.82, 2.24) is 28.9 Å². The highest BCUT2D eigenvalue weighted by atomic mass is 16.5. The summed E-state index contributed by atoms with van der Waals surface area (Å²) in [5.74, 6) is 6.50. The van der Waals surface area contributed by atoms with Gasteiger partial charge in [0.05, 0.1) is 18.6 Å². The number of aryl methyl sites for hydroxylation is 1. The summed E-state index contributed by atoms with van der Waals surface area (Å²) in [7, 11) is 1.67. The second kappa shape index (κ2) is 12.0. The number of piperazine rings is 1. The second-order valence-corrected chi connectivity index (χ2v) is 10.1. The summed E-state index contributed by atoms with van der Waals surface area (Å²) < 4.78 is 10.0. The Kier molecular flexibility index (Phi) is 8.71. The second-order valence-electron chi connectivity index (χ2n) is 10.1. The van der Waals surface area contributed by atoms with Gasteiger partial charge in [-0.25, -0.2) is 4.79 Å². The van der Waals surface area contributed by atoms with Gasteiger partial charge in [-0.1, -0.05) is 5.92 Å². The summed E-state index contributed by atoms with van der Waals surface area (Å²) in [6, 6.07) is 0. The van der Waals surface area contributed by atoms with Crippen LogP contribution in [0.2, 0.25) is 0 Å². The molecular formula is C26H39N7O4. The Hall–Kier alpha value is -3.10. The molecule has 1 N–H and O–H groups in total. The Labute approximate surface area is 217 Å². The molecule has 0 amide bonds. The van der Waals surface area contributed by atoms with E-state index in [1.54, 1.807) is 14.0 Å². The molecule has 0 aromatic carbocycles. The maximum Gasteiger partial charge on any atom is 0.332 e. The lowest BCUT2D eigenvalue weighted by Crippen LogP contribution is -2.44. The van der Waals surface area contributed by atoms with Crippen molar-refractivity contribution in [3.8, 4) is 11.8 Å². The van der Waals surface area contributed by atoms with Crippen LogP contribution in [0, 0.1) is 17.8 Å². The Morgan fingerprint density at radius 2 is 1.81 bits per heavy atom. The molecule has 11 heteroatoms. The number of piperidine rings is 1. The molecule has 37 heavy (non-hydrogen) atoms. The Balaban J connectivity index is 1.51. The van der Waals surface area contributed by atoms with Crippen molar-refractivity contribution in [2.24, 2.45) is 13.0 Å². The maximum absolute atomic E-state index is 13.6. The van der Waals surface area contributed by atoms with Crippen LogP contribution >= 0.6 is 0 Å². The third kappa shape index (κ3) is 5.91. The van der Waals surface area contributed by atoms with Gasteiger partial charge in [-0.3, -0.25) is 23.3 Å². The summed E-state index contributed by atoms with van der Waals surface area (Å²) in [5, 5.41) is 3.33. The lowest BCUT2D eigenvalue weighted by Gasteiger charge is -2.31. The zero-order valence-corrected chi connectivity index (χ0v) is 22.5. The number of carbonyl (C=O) groups is 1. The molecule has 0 saturated carbocycles. The van der Waals surface area contributed by atoms with E-state index in [0.29, 0.717) is 36.6 Å². The normalized spacial score (nSPS) is 17.3. The Morgan fingerprint density at radius 1 is 1.11 bits per heavy atom. The quantitative estimate of drug-likeness (QED) is 0.399. The van der Waals surface area contributed by atoms with Gasteiger partial charge in [0.2, 0.25) is 5.95 Å². The monoisotopic (exact) mass is 513 g/mol. The van der Waals surface area contributed by atoms with Crippen molar-refractivity contribution in [2.75, 3.05) is 50.7 Å². The number of rotatable bonds is 8. The number of nitrogens with zero attached hydrogens (tertiary/aromatic N) is 6. The lowest BCUT2D eigenvalue weighted by atomic mass is 9.97. The minimum Gasteiger partial charge on any atom is -0.463 e. The summed E-state index contributed by atoms with van der Waals surface area (Å²) >= 11 is 0. The number of imidazole rings is 1. The molecule has 2 aliphatic rings. The molecular weight excluding hydrogens is 474 g/mol. The molecule has 0 aliphatic carbocycles. The van der Waals surface area contributed by atoms with Crippen molar-refractivity contribution >= 4 is 23.1 Å². The predicted octanol–water partition coefficient (Wildman–Crippen LogP) is 0.383. The number of likely N-dealkylation sites (tertiary alicyclic amines) is 1. The number of hydrogen-bond donors (Lipinski definition) is 1. The molecule has 2 aromatic rings. The van der Waals surface area contributed by atoms with Crippen LogP contribution in [0.4, 0.5) is 5.95 Å². The van der Waals surface area contributed by atoms with Gasteiger partial charge >= 0.3 is 11.7 Å². The van der Waals surface area contributed by atoms with Gasteiger partial charge in [-0.2, -0.15) is 4.98 Å². The van der Waals surface area contributed by atoms with Crippen LogP contribution in [-0.4, -0.2) is 81.5 Å². The maximum atomic E-state index is 13.6. The molecule has 0 bridgehead atoms. The summed E-state index contributed by atoms with van der Waals surface area (Å²) in [6.07, 6.45) is 2.11. The van der Waals surface area contributed by atoms with E-state index in [9.17, 15) is 14.4 Å². The van der Waals surface area contributed by atoms with E-state index in [2.05, 4.69) is 27.0 Å². The Morgan fingerprint density at radius 3 is 2.46 bits per heavy atom. The van der Waals surface area contributed by atoms with Crippen molar-refractivity contribution in [3.05, 3.63) is 20.8 Å². The summed E-state index contributed by atoms with van der Waals surface area (Å²) in [5.41, 5.74) is 0.140. The molecule has 2 aliphatic heterocycles. The molecule has 2 aromatic heterocycles. The van der Waals surface area contributed by atoms with E-state index in [-0.39, 0.29) is 29.2 Å². The van der Waals surface area contributed by atoms with Crippen molar-refractivity contribution in [3.63, 3.8) is 0 Å². The fourth-order valence-electron chi connectivity index (χ4n) is 5.14. The molecule has 0 spiro atoms. The average molecular weight is 514 g/mol. The zero-order valence-electron chi connectivity index (χ0n) is 22.5. The zero-order chi connectivity index (χ0) is 26.5. The van der Waals surface area contributed by atoms with E-state index in [0.717, 1.165) is 58.7 Å². The number of nitrogens with one attached hydrogen (secondary N) is 1. The SMILES string of the molecule is CC#CCn1c(N2CCNCC2)nc2c1c(=O)n(CCCN1CCC(C(=O)OC(C)C)CC1)c(=O)n2C. The number of aromatic nitrogens is 4. The predicted molar refractivity (Wildman–Crippen MR) is 143 cm³/mol. The van der Waals surface area contributed by atoms with E-state index >= 15 is 0 Å². The van der Waals surface area contributed by atoms with E-state index < -0.39 is 0 Å². The average Bonchev–Trinajstić information content (AvgIpc) is 3.28. The van der Waals surface area contributed by atoms with Gasteiger partial charge < -0.3 is 19.9 Å². The molecule has 0 radical (unpaired) electrons. The van der Waals surface area contributed by atoms with Gasteiger partial charge in [-0.05, 0) is 59.7 Å². The standard InChI is InChI=1S/C26H39N7O4/c1-5-6-13-32-21-22(28-25(32)31-17-10-27-11-18-31)29(4)26(36)33(23(21)34)14-7-12-30-15-8-20(9-16-30)24(35)37-19(2)3/h19-20,27H,7-18H2,1-4H3. The van der Waals surface area contributed by atoms with Crippen molar-refractivity contribution in [2.45, 2.75) is 59.2 Å². The third-order valence-corrected chi connectivity index (χ3v) is 7.15. The van der Waals surface area contributed by atoms with Crippen LogP contribution in [0.25, 0.3) is 11.2 Å². The van der Waals surface area contributed by atoms with E-state index in [1.165, 1.54) is 9.13 Å². The van der Waals surface area contributed by atoms with E-state index in [1.807, 2.05) is 18.4 Å². The largest absolute Gasteiger partial charge is 0.463 e. The third-order valence-electron chi connectivity index (χ3n) is 7.15. The Bertz CT molecular complexity index is 1280. The molecule has 0 atom stereocenters. The van der Waals surface area contributed by atoms with Crippen molar-refractivity contribution in [1.29, 1.82) is 0 Å². The lowest BCUT2D eigenvalue weighted by molar-refractivity contribution is -0.154. The summed E-state index contributed by atoms with van der Waals surface area (Å²) in [6.45, 7) is 11.8. The topological polar surface area (TPSA) is 107 Å². The van der Waals surface area contributed by atoms with Crippen LogP contribution in [-0.2, 0) is 29.7 Å². The van der Waals surface area contributed by atoms with Crippen LogP contribution in [0.3, 0.4) is 0 Å². The first kappa shape index (κ1) is 26.9. The first-order chi connectivity index (χ1) is 17.8. The number of esters is 1. The molecule has 202 valence electrons. The van der Waals surface area contributed by atoms with Crippen LogP contribution in [0.15, 0.2) is 9.59 Å². The molecule has 2 fully saturated rings. The number of hydrogen-bond acceptors (Lipinski definition) is 8. The molecule has 4 rings (SSSR count). The first-order valence-corrected chi connectivity index (χ1v) is 13.3. The van der Waals surface area contributed by atoms with Gasteiger partial charge in [-0.15, -0.1) is 5.92 Å². The number of ether oxygens (including phenoxy) is 1. The minimum absolute atomic E-state index is 0.0487. The van der Waals surface area contributed by atoms with Gasteiger partial charge in [0.1, 0.15) is 0 Å². The fraction of sp³-hybridized carbons (Fsp3) is 0.692. The number of carbonyl (C=O) groups excluding carboxylic acids is 1. The first-order valence-electron chi connectivity index (χ1n) is 13.3. The number of anilines is 1. The molecule has 4 heterocycles. The van der Waals surface area contributed by atoms with Crippen molar-refractivity contribution < 1.29 is 9.53 Å². The summed E-state index contributed by atoms with van der Waals surface area (Å²) in [4.78, 5) is 48.1.